The first-order valence-corrected chi connectivity index (χ1v) is 3.94. The van der Waals surface area contributed by atoms with E-state index in [1.54, 1.807) is 6.08 Å². The van der Waals surface area contributed by atoms with Gasteiger partial charge in [0.1, 0.15) is 0 Å². The van der Waals surface area contributed by atoms with Gasteiger partial charge in [-0.05, 0) is 18.9 Å². The topological polar surface area (TPSA) is 17.1 Å². The first-order valence-electron chi connectivity index (χ1n) is 3.94. The maximum Gasteiger partial charge on any atom is 0.155 e. The molecular weight excluding hydrogens is 136 g/mol. The van der Waals surface area contributed by atoms with E-state index in [2.05, 4.69) is 5.92 Å². The Morgan fingerprint density at radius 3 is 2.91 bits per heavy atom. The smallest absolute Gasteiger partial charge is 0.155 e. The standard InChI is InChI=1S/C10H14O/c1-3-5-7-9-10(11)8-6-4-2/h1,6,8H,4-5,7,9H2,2H3/b8-6+. The van der Waals surface area contributed by atoms with Crippen molar-refractivity contribution in [2.45, 2.75) is 32.6 Å². The lowest BCUT2D eigenvalue weighted by atomic mass is 10.1. The highest BCUT2D eigenvalue weighted by molar-refractivity contribution is 5.89. The third-order valence-corrected chi connectivity index (χ3v) is 1.28. The molecule has 0 radical (unpaired) electrons. The Balaban J connectivity index is 3.39. The zero-order chi connectivity index (χ0) is 8.53. The van der Waals surface area contributed by atoms with Crippen LogP contribution in [-0.2, 0) is 4.79 Å². The number of ketones is 1. The summed E-state index contributed by atoms with van der Waals surface area (Å²) in [5.41, 5.74) is 0. The predicted molar refractivity (Wildman–Crippen MR) is 47.1 cm³/mol. The van der Waals surface area contributed by atoms with Gasteiger partial charge >= 0.3 is 0 Å². The summed E-state index contributed by atoms with van der Waals surface area (Å²) in [5, 5.41) is 0. The minimum Gasteiger partial charge on any atom is -0.295 e. The number of terminal acetylenes is 1. The second-order valence-corrected chi connectivity index (χ2v) is 2.33. The van der Waals surface area contributed by atoms with E-state index in [0.717, 1.165) is 12.8 Å². The Morgan fingerprint density at radius 1 is 1.64 bits per heavy atom. The minimum absolute atomic E-state index is 0.183. The van der Waals surface area contributed by atoms with Crippen LogP contribution in [0.15, 0.2) is 12.2 Å². The molecule has 11 heavy (non-hydrogen) atoms. The molecule has 0 aliphatic carbocycles. The van der Waals surface area contributed by atoms with Gasteiger partial charge in [0.05, 0.1) is 0 Å². The van der Waals surface area contributed by atoms with Gasteiger partial charge in [-0.2, -0.15) is 0 Å². The minimum atomic E-state index is 0.183. The molecule has 0 saturated carbocycles. The molecule has 0 unspecified atom stereocenters. The van der Waals surface area contributed by atoms with Crippen LogP contribution in [0.4, 0.5) is 0 Å². The van der Waals surface area contributed by atoms with Crippen molar-refractivity contribution in [3.8, 4) is 12.3 Å². The molecule has 0 spiro atoms. The summed E-state index contributed by atoms with van der Waals surface area (Å²) in [4.78, 5) is 10.9. The number of hydrogen-bond acceptors (Lipinski definition) is 1. The van der Waals surface area contributed by atoms with Crippen LogP contribution in [0.5, 0.6) is 0 Å². The summed E-state index contributed by atoms with van der Waals surface area (Å²) in [5.74, 6) is 2.69. The quantitative estimate of drug-likeness (QED) is 0.334. The number of carbonyl (C=O) groups excluding carboxylic acids is 1. The number of rotatable bonds is 5. The van der Waals surface area contributed by atoms with Crippen LogP contribution >= 0.6 is 0 Å². The van der Waals surface area contributed by atoms with E-state index in [0.29, 0.717) is 12.8 Å². The molecule has 0 N–H and O–H groups in total. The molecule has 1 nitrogen and oxygen atoms in total. The van der Waals surface area contributed by atoms with Crippen molar-refractivity contribution in [1.29, 1.82) is 0 Å². The van der Waals surface area contributed by atoms with Crippen molar-refractivity contribution in [1.82, 2.24) is 0 Å². The summed E-state index contributed by atoms with van der Waals surface area (Å²) in [6, 6.07) is 0. The fourth-order valence-corrected chi connectivity index (χ4v) is 0.697. The number of allylic oxidation sites excluding steroid dienone is 2. The van der Waals surface area contributed by atoms with Gasteiger partial charge in [0.15, 0.2) is 5.78 Å². The van der Waals surface area contributed by atoms with Gasteiger partial charge in [-0.3, -0.25) is 4.79 Å². The maximum atomic E-state index is 10.9. The highest BCUT2D eigenvalue weighted by Crippen LogP contribution is 1.96. The molecule has 0 fully saturated rings. The Hall–Kier alpha value is -1.03. The summed E-state index contributed by atoms with van der Waals surface area (Å²) in [6.07, 6.45) is 11.6. The number of hydrogen-bond donors (Lipinski definition) is 0. The molecule has 0 atom stereocenters. The van der Waals surface area contributed by atoms with E-state index in [1.165, 1.54) is 0 Å². The van der Waals surface area contributed by atoms with Crippen LogP contribution in [0.2, 0.25) is 0 Å². The van der Waals surface area contributed by atoms with Gasteiger partial charge in [-0.25, -0.2) is 0 Å². The SMILES string of the molecule is C#CCCCC(=O)/C=C/CC. The second kappa shape index (κ2) is 7.08. The number of unbranched alkanes of at least 4 members (excludes halogenated alkanes) is 1. The lowest BCUT2D eigenvalue weighted by Crippen LogP contribution is -1.90. The molecule has 0 saturated heterocycles. The number of carbonyl (C=O) groups is 1. The van der Waals surface area contributed by atoms with Crippen LogP contribution < -0.4 is 0 Å². The Morgan fingerprint density at radius 2 is 2.36 bits per heavy atom. The van der Waals surface area contributed by atoms with Gasteiger partial charge < -0.3 is 0 Å². The zero-order valence-electron chi connectivity index (χ0n) is 6.97. The molecule has 0 aromatic carbocycles. The molecular formula is C10H14O. The molecule has 0 bridgehead atoms. The fraction of sp³-hybridized carbons (Fsp3) is 0.500. The maximum absolute atomic E-state index is 10.9. The van der Waals surface area contributed by atoms with Crippen molar-refractivity contribution in [3.63, 3.8) is 0 Å². The molecule has 0 aromatic heterocycles. The summed E-state index contributed by atoms with van der Waals surface area (Å²) < 4.78 is 0. The van der Waals surface area contributed by atoms with E-state index >= 15 is 0 Å². The van der Waals surface area contributed by atoms with E-state index in [9.17, 15) is 4.79 Å². The molecule has 0 aliphatic heterocycles. The van der Waals surface area contributed by atoms with E-state index < -0.39 is 0 Å². The third-order valence-electron chi connectivity index (χ3n) is 1.28. The first-order chi connectivity index (χ1) is 5.31. The molecule has 1 heteroatoms. The Bertz CT molecular complexity index is 172. The summed E-state index contributed by atoms with van der Waals surface area (Å²) in [7, 11) is 0. The molecule has 0 heterocycles. The average molecular weight is 150 g/mol. The van der Waals surface area contributed by atoms with Crippen LogP contribution in [0.1, 0.15) is 32.6 Å². The first kappa shape index (κ1) is 9.97. The van der Waals surface area contributed by atoms with Crippen molar-refractivity contribution < 1.29 is 4.79 Å². The van der Waals surface area contributed by atoms with Crippen LogP contribution in [0.25, 0.3) is 0 Å². The monoisotopic (exact) mass is 150 g/mol. The summed E-state index contributed by atoms with van der Waals surface area (Å²) >= 11 is 0. The summed E-state index contributed by atoms with van der Waals surface area (Å²) in [6.45, 7) is 2.01. The van der Waals surface area contributed by atoms with Gasteiger partial charge in [0.2, 0.25) is 0 Å². The lowest BCUT2D eigenvalue weighted by molar-refractivity contribution is -0.114. The van der Waals surface area contributed by atoms with E-state index in [-0.39, 0.29) is 5.78 Å². The predicted octanol–water partition coefficient (Wildman–Crippen LogP) is 2.33. The average Bonchev–Trinajstić information content (AvgIpc) is 2.01. The van der Waals surface area contributed by atoms with E-state index in [4.69, 9.17) is 6.42 Å². The van der Waals surface area contributed by atoms with Crippen LogP contribution in [0.3, 0.4) is 0 Å². The second-order valence-electron chi connectivity index (χ2n) is 2.33. The molecule has 60 valence electrons. The molecule has 0 rings (SSSR count). The van der Waals surface area contributed by atoms with Gasteiger partial charge in [-0.15, -0.1) is 12.3 Å². The Kier molecular flexibility index (Phi) is 6.42. The van der Waals surface area contributed by atoms with Gasteiger partial charge in [0, 0.05) is 12.8 Å². The molecule has 0 aromatic rings. The normalized spacial score (nSPS) is 9.82. The van der Waals surface area contributed by atoms with Gasteiger partial charge in [0.25, 0.3) is 0 Å². The highest BCUT2D eigenvalue weighted by atomic mass is 16.1. The van der Waals surface area contributed by atoms with Crippen LogP contribution in [0, 0.1) is 12.3 Å². The Labute approximate surface area is 68.5 Å². The van der Waals surface area contributed by atoms with Crippen molar-refractivity contribution >= 4 is 5.78 Å². The fourth-order valence-electron chi connectivity index (χ4n) is 0.697. The van der Waals surface area contributed by atoms with Crippen LogP contribution in [-0.4, -0.2) is 5.78 Å². The van der Waals surface area contributed by atoms with E-state index in [1.807, 2.05) is 13.0 Å². The zero-order valence-corrected chi connectivity index (χ0v) is 6.97. The van der Waals surface area contributed by atoms with Crippen molar-refractivity contribution in [3.05, 3.63) is 12.2 Å². The van der Waals surface area contributed by atoms with Gasteiger partial charge in [-0.1, -0.05) is 13.0 Å². The third kappa shape index (κ3) is 6.86. The van der Waals surface area contributed by atoms with Crippen molar-refractivity contribution in [2.75, 3.05) is 0 Å². The van der Waals surface area contributed by atoms with Crippen molar-refractivity contribution in [2.24, 2.45) is 0 Å². The highest BCUT2D eigenvalue weighted by Gasteiger charge is 1.93. The largest absolute Gasteiger partial charge is 0.295 e. The molecule has 0 amide bonds. The molecule has 0 aliphatic rings. The lowest BCUT2D eigenvalue weighted by Gasteiger charge is -1.89.